The SMILES string of the molecule is C=C(C)CC[C@H](C)Nc1cnc2c(c1)c(NC(=O)COC)c(C(=O)OC)n2C. The van der Waals surface area contributed by atoms with Gasteiger partial charge in [-0.1, -0.05) is 5.57 Å². The van der Waals surface area contributed by atoms with E-state index in [0.29, 0.717) is 16.7 Å². The van der Waals surface area contributed by atoms with Crippen LogP contribution in [0.1, 0.15) is 37.2 Å². The standard InChI is InChI=1S/C20H28N4O4/c1-12(2)7-8-13(3)22-14-9-15-17(23-16(25)11-27-5)18(20(26)28-6)24(4)19(15)21-10-14/h9-10,13,22H,1,7-8,11H2,2-6H3,(H,23,25)/t13-/m0/s1. The van der Waals surface area contributed by atoms with Gasteiger partial charge in [0.2, 0.25) is 5.91 Å². The van der Waals surface area contributed by atoms with Gasteiger partial charge in [0, 0.05) is 25.6 Å². The van der Waals surface area contributed by atoms with Crippen molar-refractivity contribution < 1.29 is 19.1 Å². The lowest BCUT2D eigenvalue weighted by Gasteiger charge is -2.15. The maximum absolute atomic E-state index is 12.3. The van der Waals surface area contributed by atoms with Crippen molar-refractivity contribution in [3.63, 3.8) is 0 Å². The molecule has 8 heteroatoms. The molecule has 2 rings (SSSR count). The van der Waals surface area contributed by atoms with Crippen molar-refractivity contribution in [2.24, 2.45) is 7.05 Å². The van der Waals surface area contributed by atoms with Crippen LogP contribution in [-0.2, 0) is 21.3 Å². The molecule has 1 atom stereocenters. The van der Waals surface area contributed by atoms with Crippen LogP contribution >= 0.6 is 0 Å². The van der Waals surface area contributed by atoms with Gasteiger partial charge in [-0.2, -0.15) is 0 Å². The van der Waals surface area contributed by atoms with Gasteiger partial charge in [0.15, 0.2) is 5.69 Å². The molecule has 0 fully saturated rings. The Morgan fingerprint density at radius 2 is 2.07 bits per heavy atom. The maximum atomic E-state index is 12.3. The molecule has 0 saturated heterocycles. The van der Waals surface area contributed by atoms with Crippen LogP contribution in [0, 0.1) is 0 Å². The summed E-state index contributed by atoms with van der Waals surface area (Å²) in [4.78, 5) is 28.9. The van der Waals surface area contributed by atoms with Crippen molar-refractivity contribution >= 4 is 34.3 Å². The monoisotopic (exact) mass is 388 g/mol. The minimum Gasteiger partial charge on any atom is -0.464 e. The number of esters is 1. The molecule has 0 spiro atoms. The summed E-state index contributed by atoms with van der Waals surface area (Å²) in [5, 5.41) is 6.79. The molecule has 2 N–H and O–H groups in total. The van der Waals surface area contributed by atoms with E-state index in [9.17, 15) is 9.59 Å². The molecule has 0 radical (unpaired) electrons. The van der Waals surface area contributed by atoms with Crippen LogP contribution in [-0.4, -0.2) is 48.3 Å². The Balaban J connectivity index is 2.44. The lowest BCUT2D eigenvalue weighted by atomic mass is 10.1. The minimum absolute atomic E-state index is 0.125. The molecular weight excluding hydrogens is 360 g/mol. The second-order valence-corrected chi connectivity index (χ2v) is 6.89. The summed E-state index contributed by atoms with van der Waals surface area (Å²) in [6.07, 6.45) is 3.58. The van der Waals surface area contributed by atoms with Gasteiger partial charge >= 0.3 is 5.97 Å². The maximum Gasteiger partial charge on any atom is 0.356 e. The fourth-order valence-electron chi connectivity index (χ4n) is 2.98. The first-order valence-corrected chi connectivity index (χ1v) is 9.04. The number of fused-ring (bicyclic) bond motifs is 1. The summed E-state index contributed by atoms with van der Waals surface area (Å²) < 4.78 is 11.4. The first-order valence-electron chi connectivity index (χ1n) is 9.04. The first kappa shape index (κ1) is 21.4. The van der Waals surface area contributed by atoms with Crippen LogP contribution in [0.15, 0.2) is 24.4 Å². The smallest absolute Gasteiger partial charge is 0.356 e. The number of anilines is 2. The number of allylic oxidation sites excluding steroid dienone is 1. The summed E-state index contributed by atoms with van der Waals surface area (Å²) in [6, 6.07) is 2.08. The number of methoxy groups -OCH3 is 2. The molecule has 0 bridgehead atoms. The topological polar surface area (TPSA) is 94.5 Å². The molecule has 2 aromatic rings. The van der Waals surface area contributed by atoms with E-state index in [2.05, 4.69) is 29.1 Å². The van der Waals surface area contributed by atoms with Crippen molar-refractivity contribution in [1.82, 2.24) is 9.55 Å². The largest absolute Gasteiger partial charge is 0.464 e. The molecular formula is C20H28N4O4. The number of hydrogen-bond acceptors (Lipinski definition) is 6. The van der Waals surface area contributed by atoms with Gasteiger partial charge < -0.3 is 24.7 Å². The molecule has 2 aromatic heterocycles. The zero-order valence-electron chi connectivity index (χ0n) is 17.1. The molecule has 0 aliphatic rings. The molecule has 0 unspecified atom stereocenters. The molecule has 1 amide bonds. The van der Waals surface area contributed by atoms with Crippen molar-refractivity contribution in [1.29, 1.82) is 0 Å². The number of carbonyl (C=O) groups excluding carboxylic acids is 2. The highest BCUT2D eigenvalue weighted by Crippen LogP contribution is 2.32. The van der Waals surface area contributed by atoms with Crippen molar-refractivity contribution in [2.45, 2.75) is 32.7 Å². The van der Waals surface area contributed by atoms with Gasteiger partial charge in [0.1, 0.15) is 12.3 Å². The number of ether oxygens (including phenoxy) is 2. The van der Waals surface area contributed by atoms with Crippen LogP contribution in [0.25, 0.3) is 11.0 Å². The molecule has 0 aromatic carbocycles. The van der Waals surface area contributed by atoms with Gasteiger partial charge in [0.05, 0.1) is 24.7 Å². The second-order valence-electron chi connectivity index (χ2n) is 6.89. The zero-order valence-corrected chi connectivity index (χ0v) is 17.1. The van der Waals surface area contributed by atoms with E-state index in [4.69, 9.17) is 9.47 Å². The number of pyridine rings is 1. The van der Waals surface area contributed by atoms with E-state index in [1.165, 1.54) is 14.2 Å². The van der Waals surface area contributed by atoms with E-state index in [1.807, 2.05) is 13.0 Å². The number of nitrogens with zero attached hydrogens (tertiary/aromatic N) is 2. The van der Waals surface area contributed by atoms with Crippen LogP contribution in [0.4, 0.5) is 11.4 Å². The average molecular weight is 388 g/mol. The Morgan fingerprint density at radius 1 is 1.36 bits per heavy atom. The third-order valence-corrected chi connectivity index (χ3v) is 4.36. The molecule has 28 heavy (non-hydrogen) atoms. The van der Waals surface area contributed by atoms with Crippen LogP contribution < -0.4 is 10.6 Å². The Hall–Kier alpha value is -2.87. The summed E-state index contributed by atoms with van der Waals surface area (Å²) in [5.41, 5.74) is 3.08. The van der Waals surface area contributed by atoms with Gasteiger partial charge in [-0.25, -0.2) is 9.78 Å². The summed E-state index contributed by atoms with van der Waals surface area (Å²) in [6.45, 7) is 7.89. The van der Waals surface area contributed by atoms with Gasteiger partial charge in [-0.15, -0.1) is 6.58 Å². The Bertz CT molecular complexity index is 888. The normalized spacial score (nSPS) is 11.9. The second kappa shape index (κ2) is 9.36. The van der Waals surface area contributed by atoms with Gasteiger partial charge in [0.25, 0.3) is 0 Å². The van der Waals surface area contributed by atoms with E-state index in [-0.39, 0.29) is 24.2 Å². The van der Waals surface area contributed by atoms with E-state index >= 15 is 0 Å². The lowest BCUT2D eigenvalue weighted by molar-refractivity contribution is -0.119. The molecule has 0 aliphatic carbocycles. The number of carbonyl (C=O) groups is 2. The Morgan fingerprint density at radius 3 is 2.68 bits per heavy atom. The van der Waals surface area contributed by atoms with Crippen molar-refractivity contribution in [3.05, 3.63) is 30.1 Å². The van der Waals surface area contributed by atoms with E-state index in [1.54, 1.807) is 17.8 Å². The molecule has 0 aliphatic heterocycles. The highest BCUT2D eigenvalue weighted by molar-refractivity contribution is 6.11. The quantitative estimate of drug-likeness (QED) is 0.506. The number of aryl methyl sites for hydroxylation is 1. The fraction of sp³-hybridized carbons (Fsp3) is 0.450. The third-order valence-electron chi connectivity index (χ3n) is 4.36. The van der Waals surface area contributed by atoms with Crippen molar-refractivity contribution in [3.8, 4) is 0 Å². The van der Waals surface area contributed by atoms with E-state index < -0.39 is 5.97 Å². The fourth-order valence-corrected chi connectivity index (χ4v) is 2.98. The van der Waals surface area contributed by atoms with Crippen LogP contribution in [0.5, 0.6) is 0 Å². The molecule has 8 nitrogen and oxygen atoms in total. The number of aromatic nitrogens is 2. The van der Waals surface area contributed by atoms with Crippen LogP contribution in [0.3, 0.4) is 0 Å². The summed E-state index contributed by atoms with van der Waals surface area (Å²) in [5.74, 6) is -0.925. The van der Waals surface area contributed by atoms with E-state index in [0.717, 1.165) is 24.1 Å². The number of hydrogen-bond donors (Lipinski definition) is 2. The zero-order chi connectivity index (χ0) is 20.8. The van der Waals surface area contributed by atoms with Gasteiger partial charge in [-0.3, -0.25) is 4.79 Å². The van der Waals surface area contributed by atoms with Gasteiger partial charge in [-0.05, 0) is 32.8 Å². The summed E-state index contributed by atoms with van der Waals surface area (Å²) in [7, 11) is 4.43. The van der Waals surface area contributed by atoms with Crippen LogP contribution in [0.2, 0.25) is 0 Å². The molecule has 0 saturated carbocycles. The van der Waals surface area contributed by atoms with Crippen molar-refractivity contribution in [2.75, 3.05) is 31.5 Å². The summed E-state index contributed by atoms with van der Waals surface area (Å²) >= 11 is 0. The first-order chi connectivity index (χ1) is 13.3. The number of nitrogens with one attached hydrogen (secondary N) is 2. The predicted molar refractivity (Wildman–Crippen MR) is 110 cm³/mol. The minimum atomic E-state index is -0.558. The number of rotatable bonds is 9. The highest BCUT2D eigenvalue weighted by Gasteiger charge is 2.24. The highest BCUT2D eigenvalue weighted by atomic mass is 16.5. The molecule has 2 heterocycles. The Labute approximate surface area is 164 Å². The number of amides is 1. The average Bonchev–Trinajstić information content (AvgIpc) is 2.91. The molecule has 152 valence electrons. The lowest BCUT2D eigenvalue weighted by Crippen LogP contribution is -2.19. The third kappa shape index (κ3) is 4.89. The predicted octanol–water partition coefficient (Wildman–Crippen LogP) is 3.10. The Kier molecular flexibility index (Phi) is 7.17.